The van der Waals surface area contributed by atoms with Crippen LogP contribution in [0.1, 0.15) is 38.5 Å². The van der Waals surface area contributed by atoms with Gasteiger partial charge >= 0.3 is 0 Å². The molecule has 1 aromatic heterocycles. The summed E-state index contributed by atoms with van der Waals surface area (Å²) >= 11 is 5.86. The number of benzene rings is 1. The van der Waals surface area contributed by atoms with E-state index in [4.69, 9.17) is 16.0 Å². The van der Waals surface area contributed by atoms with Crippen molar-refractivity contribution in [3.63, 3.8) is 0 Å². The van der Waals surface area contributed by atoms with Crippen LogP contribution in [-0.4, -0.2) is 5.91 Å². The van der Waals surface area contributed by atoms with Gasteiger partial charge in [0.05, 0.1) is 6.04 Å². The SMILES string of the molecule is CCCC(=O)N[C@@H](C)c1ccc(-c2ccc(Cl)cc2)o1. The molecule has 0 saturated heterocycles. The Balaban J connectivity index is 2.08. The summed E-state index contributed by atoms with van der Waals surface area (Å²) in [7, 11) is 0. The van der Waals surface area contributed by atoms with E-state index in [-0.39, 0.29) is 11.9 Å². The van der Waals surface area contributed by atoms with E-state index in [9.17, 15) is 4.79 Å². The minimum atomic E-state index is -0.130. The Morgan fingerprint density at radius 2 is 1.95 bits per heavy atom. The molecule has 1 heterocycles. The maximum atomic E-state index is 11.6. The van der Waals surface area contributed by atoms with Gasteiger partial charge in [0, 0.05) is 17.0 Å². The van der Waals surface area contributed by atoms with Gasteiger partial charge in [0.2, 0.25) is 5.91 Å². The Bertz CT molecular complexity index is 574. The Morgan fingerprint density at radius 3 is 2.60 bits per heavy atom. The molecule has 4 heteroatoms. The van der Waals surface area contributed by atoms with E-state index in [1.165, 1.54) is 0 Å². The van der Waals surface area contributed by atoms with Crippen molar-refractivity contribution in [3.8, 4) is 11.3 Å². The molecule has 0 radical (unpaired) electrons. The highest BCUT2D eigenvalue weighted by Crippen LogP contribution is 2.26. The molecule has 2 aromatic rings. The highest BCUT2D eigenvalue weighted by atomic mass is 35.5. The number of carbonyl (C=O) groups excluding carboxylic acids is 1. The van der Waals surface area contributed by atoms with E-state index in [0.29, 0.717) is 11.4 Å². The van der Waals surface area contributed by atoms with E-state index in [1.54, 1.807) is 0 Å². The van der Waals surface area contributed by atoms with Crippen molar-refractivity contribution in [2.45, 2.75) is 32.7 Å². The third-order valence-corrected chi connectivity index (χ3v) is 3.29. The molecule has 20 heavy (non-hydrogen) atoms. The summed E-state index contributed by atoms with van der Waals surface area (Å²) in [5, 5.41) is 3.61. The fraction of sp³-hybridized carbons (Fsp3) is 0.312. The van der Waals surface area contributed by atoms with Crippen molar-refractivity contribution >= 4 is 17.5 Å². The van der Waals surface area contributed by atoms with Crippen LogP contribution in [0.5, 0.6) is 0 Å². The van der Waals surface area contributed by atoms with Gasteiger partial charge in [-0.15, -0.1) is 0 Å². The van der Waals surface area contributed by atoms with Gasteiger partial charge < -0.3 is 9.73 Å². The lowest BCUT2D eigenvalue weighted by Gasteiger charge is -2.10. The zero-order valence-corrected chi connectivity index (χ0v) is 12.4. The molecule has 2 rings (SSSR count). The van der Waals surface area contributed by atoms with E-state index in [2.05, 4.69) is 5.32 Å². The first-order chi connectivity index (χ1) is 9.60. The van der Waals surface area contributed by atoms with E-state index in [1.807, 2.05) is 50.2 Å². The number of hydrogen-bond donors (Lipinski definition) is 1. The van der Waals surface area contributed by atoms with Gasteiger partial charge in [0.1, 0.15) is 11.5 Å². The Hall–Kier alpha value is -1.74. The molecule has 3 nitrogen and oxygen atoms in total. The van der Waals surface area contributed by atoms with Crippen LogP contribution >= 0.6 is 11.6 Å². The summed E-state index contributed by atoms with van der Waals surface area (Å²) in [6.07, 6.45) is 1.38. The van der Waals surface area contributed by atoms with Gasteiger partial charge in [-0.25, -0.2) is 0 Å². The quantitative estimate of drug-likeness (QED) is 0.876. The lowest BCUT2D eigenvalue weighted by atomic mass is 10.2. The standard InChI is InChI=1S/C16H18ClNO2/c1-3-4-16(19)18-11(2)14-9-10-15(20-14)12-5-7-13(17)8-6-12/h5-11H,3-4H2,1-2H3,(H,18,19)/t11-/m0/s1. The fourth-order valence-corrected chi connectivity index (χ4v) is 2.09. The van der Waals surface area contributed by atoms with Gasteiger partial charge in [-0.2, -0.15) is 0 Å². The van der Waals surface area contributed by atoms with Crippen molar-refractivity contribution in [1.82, 2.24) is 5.32 Å². The molecule has 1 amide bonds. The fourth-order valence-electron chi connectivity index (χ4n) is 1.97. The predicted molar refractivity (Wildman–Crippen MR) is 80.6 cm³/mol. The van der Waals surface area contributed by atoms with Gasteiger partial charge in [0.25, 0.3) is 0 Å². The number of carbonyl (C=O) groups is 1. The van der Waals surface area contributed by atoms with E-state index in [0.717, 1.165) is 23.5 Å². The zero-order chi connectivity index (χ0) is 14.5. The molecule has 0 fully saturated rings. The molecule has 0 spiro atoms. The van der Waals surface area contributed by atoms with Crippen molar-refractivity contribution < 1.29 is 9.21 Å². The third-order valence-electron chi connectivity index (χ3n) is 3.04. The summed E-state index contributed by atoms with van der Waals surface area (Å²) < 4.78 is 5.79. The van der Waals surface area contributed by atoms with Crippen LogP contribution in [0.25, 0.3) is 11.3 Å². The summed E-state index contributed by atoms with van der Waals surface area (Å²) in [6.45, 7) is 3.90. The summed E-state index contributed by atoms with van der Waals surface area (Å²) in [4.78, 5) is 11.6. The van der Waals surface area contributed by atoms with E-state index >= 15 is 0 Å². The smallest absolute Gasteiger partial charge is 0.220 e. The minimum Gasteiger partial charge on any atom is -0.459 e. The molecule has 1 N–H and O–H groups in total. The van der Waals surface area contributed by atoms with Crippen molar-refractivity contribution in [1.29, 1.82) is 0 Å². The molecule has 0 aliphatic heterocycles. The van der Waals surface area contributed by atoms with E-state index < -0.39 is 0 Å². The normalized spacial score (nSPS) is 12.2. The van der Waals surface area contributed by atoms with Crippen molar-refractivity contribution in [2.75, 3.05) is 0 Å². The number of hydrogen-bond acceptors (Lipinski definition) is 2. The molecular formula is C16H18ClNO2. The maximum Gasteiger partial charge on any atom is 0.220 e. The number of nitrogens with one attached hydrogen (secondary N) is 1. The van der Waals surface area contributed by atoms with Crippen molar-refractivity contribution in [3.05, 3.63) is 47.2 Å². The number of rotatable bonds is 5. The summed E-state index contributed by atoms with van der Waals surface area (Å²) in [5.74, 6) is 1.57. The molecule has 0 aliphatic carbocycles. The lowest BCUT2D eigenvalue weighted by Crippen LogP contribution is -2.25. The predicted octanol–water partition coefficient (Wildman–Crippen LogP) is 4.58. The Morgan fingerprint density at radius 1 is 1.25 bits per heavy atom. The highest BCUT2D eigenvalue weighted by Gasteiger charge is 2.13. The van der Waals surface area contributed by atoms with Gasteiger partial charge in [-0.3, -0.25) is 4.79 Å². The van der Waals surface area contributed by atoms with Crippen LogP contribution in [0.3, 0.4) is 0 Å². The average Bonchev–Trinajstić information content (AvgIpc) is 2.89. The molecular weight excluding hydrogens is 274 g/mol. The molecule has 0 bridgehead atoms. The second-order valence-corrected chi connectivity index (χ2v) is 5.18. The number of amides is 1. The first-order valence-corrected chi connectivity index (χ1v) is 7.13. The Kier molecular flexibility index (Phi) is 4.85. The van der Waals surface area contributed by atoms with Crippen LogP contribution in [0.15, 0.2) is 40.8 Å². The summed E-state index contributed by atoms with van der Waals surface area (Å²) in [6, 6.07) is 11.1. The average molecular weight is 292 g/mol. The first-order valence-electron chi connectivity index (χ1n) is 6.75. The van der Waals surface area contributed by atoms with Gasteiger partial charge in [-0.1, -0.05) is 18.5 Å². The minimum absolute atomic E-state index is 0.0458. The third kappa shape index (κ3) is 3.64. The second kappa shape index (κ2) is 6.62. The number of halogens is 1. The molecule has 0 unspecified atom stereocenters. The van der Waals surface area contributed by atoms with Gasteiger partial charge in [0.15, 0.2) is 0 Å². The second-order valence-electron chi connectivity index (χ2n) is 4.75. The monoisotopic (exact) mass is 291 g/mol. The lowest BCUT2D eigenvalue weighted by molar-refractivity contribution is -0.121. The Labute approximate surface area is 123 Å². The van der Waals surface area contributed by atoms with Crippen LogP contribution in [0.2, 0.25) is 5.02 Å². The highest BCUT2D eigenvalue weighted by molar-refractivity contribution is 6.30. The van der Waals surface area contributed by atoms with Crippen LogP contribution < -0.4 is 5.32 Å². The summed E-state index contributed by atoms with van der Waals surface area (Å²) in [5.41, 5.74) is 0.965. The molecule has 0 aliphatic rings. The molecule has 1 atom stereocenters. The molecule has 1 aromatic carbocycles. The first kappa shape index (κ1) is 14.7. The molecule has 106 valence electrons. The van der Waals surface area contributed by atoms with Crippen LogP contribution in [0.4, 0.5) is 0 Å². The largest absolute Gasteiger partial charge is 0.459 e. The van der Waals surface area contributed by atoms with Crippen LogP contribution in [-0.2, 0) is 4.79 Å². The topological polar surface area (TPSA) is 42.2 Å². The molecule has 0 saturated carbocycles. The number of furan rings is 1. The maximum absolute atomic E-state index is 11.6. The van der Waals surface area contributed by atoms with Crippen LogP contribution in [0, 0.1) is 0 Å². The van der Waals surface area contributed by atoms with Crippen molar-refractivity contribution in [2.24, 2.45) is 0 Å². The zero-order valence-electron chi connectivity index (χ0n) is 11.7. The van der Waals surface area contributed by atoms with Gasteiger partial charge in [-0.05, 0) is 49.7 Å².